The van der Waals surface area contributed by atoms with Crippen molar-refractivity contribution in [1.82, 2.24) is 9.88 Å². The zero-order chi connectivity index (χ0) is 22.5. The summed E-state index contributed by atoms with van der Waals surface area (Å²) in [5, 5.41) is 11.0. The summed E-state index contributed by atoms with van der Waals surface area (Å²) in [7, 11) is 0. The molecule has 1 amide bonds. The van der Waals surface area contributed by atoms with Gasteiger partial charge in [0.05, 0.1) is 18.7 Å². The van der Waals surface area contributed by atoms with Crippen LogP contribution in [-0.4, -0.2) is 40.3 Å². The van der Waals surface area contributed by atoms with E-state index in [1.54, 1.807) is 25.3 Å². The van der Waals surface area contributed by atoms with Crippen LogP contribution in [0, 0.1) is 17.2 Å². The van der Waals surface area contributed by atoms with Gasteiger partial charge in [0.2, 0.25) is 11.7 Å². The number of nitrogens with zero attached hydrogens (tertiary/aromatic N) is 3. The lowest BCUT2D eigenvalue weighted by atomic mass is 9.96. The quantitative estimate of drug-likeness (QED) is 0.475. The summed E-state index contributed by atoms with van der Waals surface area (Å²) in [5.74, 6) is -1.44. The zero-order valence-electron chi connectivity index (χ0n) is 16.4. The highest BCUT2D eigenvalue weighted by atomic mass is 32.1. The second-order valence-electron chi connectivity index (χ2n) is 7.11. The zero-order valence-corrected chi connectivity index (χ0v) is 17.2. The molecule has 0 unspecified atom stereocenters. The van der Waals surface area contributed by atoms with Gasteiger partial charge in [-0.1, -0.05) is 38.1 Å². The molecule has 30 heavy (non-hydrogen) atoms. The van der Waals surface area contributed by atoms with Crippen LogP contribution in [0.15, 0.2) is 35.8 Å². The molecule has 0 aliphatic heterocycles. The van der Waals surface area contributed by atoms with Gasteiger partial charge in [-0.3, -0.25) is 14.5 Å². The number of halogens is 3. The SMILES string of the molecule is CC(C)C[C@@H](C(N)=O)N(CC#N)[C@@H](c1ccc(C(=O)c2nccs2)cc1)C(F)(F)F. The van der Waals surface area contributed by atoms with E-state index in [1.165, 1.54) is 30.5 Å². The van der Waals surface area contributed by atoms with Gasteiger partial charge in [-0.05, 0) is 17.9 Å². The Balaban J connectivity index is 2.45. The van der Waals surface area contributed by atoms with Gasteiger partial charge >= 0.3 is 6.18 Å². The molecule has 0 radical (unpaired) electrons. The van der Waals surface area contributed by atoms with Crippen molar-refractivity contribution in [2.75, 3.05) is 6.54 Å². The Morgan fingerprint density at radius 1 is 1.27 bits per heavy atom. The minimum absolute atomic E-state index is 0.0736. The Morgan fingerprint density at radius 2 is 1.90 bits per heavy atom. The first-order valence-electron chi connectivity index (χ1n) is 9.09. The second-order valence-corrected chi connectivity index (χ2v) is 8.01. The number of primary amides is 1. The van der Waals surface area contributed by atoms with Crippen LogP contribution in [0.25, 0.3) is 0 Å². The third kappa shape index (κ3) is 5.64. The standard InChI is InChI=1S/C20H21F3N4O2S/c1-12(2)11-15(18(25)29)27(9-7-24)17(20(21,22)23)14-5-3-13(4-6-14)16(28)19-26-8-10-30-19/h3-6,8,10,12,15,17H,9,11H2,1-2H3,(H2,25,29)/t15-,17-/m0/s1. The molecule has 2 rings (SSSR count). The molecule has 0 spiro atoms. The van der Waals surface area contributed by atoms with E-state index in [9.17, 15) is 22.8 Å². The molecule has 0 bridgehead atoms. The average Bonchev–Trinajstić information content (AvgIpc) is 3.19. The van der Waals surface area contributed by atoms with Crippen LogP contribution in [0.1, 0.15) is 47.2 Å². The van der Waals surface area contributed by atoms with Crippen LogP contribution in [0.4, 0.5) is 13.2 Å². The largest absolute Gasteiger partial charge is 0.408 e. The fraction of sp³-hybridized carbons (Fsp3) is 0.400. The molecule has 160 valence electrons. The Kier molecular flexibility index (Phi) is 7.70. The smallest absolute Gasteiger partial charge is 0.368 e. The van der Waals surface area contributed by atoms with E-state index in [-0.39, 0.29) is 28.5 Å². The fourth-order valence-electron chi connectivity index (χ4n) is 3.17. The van der Waals surface area contributed by atoms with E-state index < -0.39 is 36.5 Å². The predicted octanol–water partition coefficient (Wildman–Crippen LogP) is 3.70. The predicted molar refractivity (Wildman–Crippen MR) is 106 cm³/mol. The van der Waals surface area contributed by atoms with Crippen LogP contribution < -0.4 is 5.73 Å². The first-order chi connectivity index (χ1) is 14.1. The Morgan fingerprint density at radius 3 is 2.33 bits per heavy atom. The van der Waals surface area contributed by atoms with Crippen molar-refractivity contribution >= 4 is 23.0 Å². The number of hydrogen-bond acceptors (Lipinski definition) is 6. The van der Waals surface area contributed by atoms with Gasteiger partial charge in [0, 0.05) is 17.1 Å². The van der Waals surface area contributed by atoms with Crippen LogP contribution in [0.2, 0.25) is 0 Å². The first kappa shape index (κ1) is 23.5. The van der Waals surface area contributed by atoms with Crippen molar-refractivity contribution in [2.45, 2.75) is 38.5 Å². The lowest BCUT2D eigenvalue weighted by Gasteiger charge is -2.37. The molecular weight excluding hydrogens is 417 g/mol. The molecule has 0 fully saturated rings. The van der Waals surface area contributed by atoms with Crippen molar-refractivity contribution < 1.29 is 22.8 Å². The molecule has 0 saturated heterocycles. The van der Waals surface area contributed by atoms with Crippen LogP contribution in [-0.2, 0) is 4.79 Å². The maximum absolute atomic E-state index is 14.0. The minimum Gasteiger partial charge on any atom is -0.368 e. The molecule has 10 heteroatoms. The monoisotopic (exact) mass is 438 g/mol. The third-order valence-electron chi connectivity index (χ3n) is 4.43. The molecule has 2 atom stereocenters. The number of ketones is 1. The van der Waals surface area contributed by atoms with Gasteiger partial charge in [0.1, 0.15) is 6.04 Å². The van der Waals surface area contributed by atoms with E-state index in [4.69, 9.17) is 11.0 Å². The molecule has 1 aromatic carbocycles. The van der Waals surface area contributed by atoms with Crippen molar-refractivity contribution in [3.8, 4) is 6.07 Å². The Bertz CT molecular complexity index is 906. The van der Waals surface area contributed by atoms with Crippen LogP contribution in [0.5, 0.6) is 0 Å². The number of hydrogen-bond donors (Lipinski definition) is 1. The maximum Gasteiger partial charge on any atom is 0.408 e. The number of alkyl halides is 3. The van der Waals surface area contributed by atoms with E-state index in [1.807, 2.05) is 0 Å². The summed E-state index contributed by atoms with van der Waals surface area (Å²) < 4.78 is 42.1. The highest BCUT2D eigenvalue weighted by Gasteiger charge is 2.48. The normalized spacial score (nSPS) is 13.8. The summed E-state index contributed by atoms with van der Waals surface area (Å²) in [6.45, 7) is 2.87. The molecule has 1 heterocycles. The van der Waals surface area contributed by atoms with Crippen LogP contribution >= 0.6 is 11.3 Å². The number of nitriles is 1. The first-order valence-corrected chi connectivity index (χ1v) is 9.97. The molecule has 0 aliphatic carbocycles. The lowest BCUT2D eigenvalue weighted by Crippen LogP contribution is -2.51. The molecule has 1 aromatic heterocycles. The van der Waals surface area contributed by atoms with E-state index in [0.29, 0.717) is 0 Å². The fourth-order valence-corrected chi connectivity index (χ4v) is 3.77. The van der Waals surface area contributed by atoms with Gasteiger partial charge < -0.3 is 5.73 Å². The number of aromatic nitrogens is 1. The number of nitrogens with two attached hydrogens (primary N) is 1. The minimum atomic E-state index is -4.78. The number of rotatable bonds is 9. The van der Waals surface area contributed by atoms with E-state index >= 15 is 0 Å². The summed E-state index contributed by atoms with van der Waals surface area (Å²) in [5.41, 5.74) is 5.38. The third-order valence-corrected chi connectivity index (χ3v) is 5.21. The molecule has 2 N–H and O–H groups in total. The Labute approximate surface area is 176 Å². The van der Waals surface area contributed by atoms with Gasteiger partial charge in [-0.25, -0.2) is 4.98 Å². The highest BCUT2D eigenvalue weighted by molar-refractivity contribution is 7.11. The number of amides is 1. The van der Waals surface area contributed by atoms with Gasteiger partial charge in [0.15, 0.2) is 5.01 Å². The van der Waals surface area contributed by atoms with Gasteiger partial charge in [-0.2, -0.15) is 18.4 Å². The van der Waals surface area contributed by atoms with Crippen molar-refractivity contribution in [1.29, 1.82) is 5.26 Å². The number of carbonyl (C=O) groups excluding carboxylic acids is 2. The van der Waals surface area contributed by atoms with Crippen molar-refractivity contribution in [3.63, 3.8) is 0 Å². The molecular formula is C20H21F3N4O2S. The summed E-state index contributed by atoms with van der Waals surface area (Å²) >= 11 is 1.13. The molecule has 0 aliphatic rings. The maximum atomic E-state index is 14.0. The van der Waals surface area contributed by atoms with E-state index in [0.717, 1.165) is 16.2 Å². The highest BCUT2D eigenvalue weighted by Crippen LogP contribution is 2.39. The number of thiazole rings is 1. The Hall–Kier alpha value is -2.77. The molecule has 2 aromatic rings. The summed E-state index contributed by atoms with van der Waals surface area (Å²) in [4.78, 5) is 29.0. The summed E-state index contributed by atoms with van der Waals surface area (Å²) in [6, 6.07) is 3.13. The van der Waals surface area contributed by atoms with Crippen molar-refractivity contribution in [3.05, 3.63) is 52.0 Å². The van der Waals surface area contributed by atoms with E-state index in [2.05, 4.69) is 4.98 Å². The summed E-state index contributed by atoms with van der Waals surface area (Å²) in [6.07, 6.45) is -3.24. The van der Waals surface area contributed by atoms with Gasteiger partial charge in [-0.15, -0.1) is 11.3 Å². The molecule has 0 saturated carbocycles. The van der Waals surface area contributed by atoms with Crippen molar-refractivity contribution in [2.24, 2.45) is 11.7 Å². The van der Waals surface area contributed by atoms with Crippen LogP contribution in [0.3, 0.4) is 0 Å². The average molecular weight is 438 g/mol. The number of benzene rings is 1. The molecule has 6 nitrogen and oxygen atoms in total. The second kappa shape index (κ2) is 9.82. The van der Waals surface area contributed by atoms with Gasteiger partial charge in [0.25, 0.3) is 0 Å². The number of carbonyl (C=O) groups is 2. The lowest BCUT2D eigenvalue weighted by molar-refractivity contribution is -0.192. The topological polar surface area (TPSA) is 100 Å².